The normalized spacial score (nSPS) is 18.2. The fraction of sp³-hybridized carbons (Fsp3) is 0.250. The molecule has 1 nitrogen and oxygen atoms in total. The van der Waals surface area contributed by atoms with Crippen molar-refractivity contribution in [3.63, 3.8) is 0 Å². The summed E-state index contributed by atoms with van der Waals surface area (Å²) in [5, 5.41) is 0. The highest BCUT2D eigenvalue weighted by molar-refractivity contribution is 5.59. The molecule has 1 atom stereocenters. The van der Waals surface area contributed by atoms with Crippen molar-refractivity contribution in [3.8, 4) is 0 Å². The van der Waals surface area contributed by atoms with Gasteiger partial charge in [0.1, 0.15) is 0 Å². The second-order valence-corrected chi connectivity index (χ2v) is 4.83. The summed E-state index contributed by atoms with van der Waals surface area (Å²) in [5.74, 6) is 0.638. The Morgan fingerprint density at radius 1 is 1.00 bits per heavy atom. The number of rotatable bonds is 2. The molecule has 1 heteroatoms. The van der Waals surface area contributed by atoms with E-state index in [0.717, 1.165) is 13.0 Å². The van der Waals surface area contributed by atoms with Gasteiger partial charge < -0.3 is 4.90 Å². The minimum atomic E-state index is 0.638. The number of hydrogen-bond donors (Lipinski definition) is 0. The quantitative estimate of drug-likeness (QED) is 0.753. The molecule has 2 aromatic carbocycles. The summed E-state index contributed by atoms with van der Waals surface area (Å²) >= 11 is 0. The van der Waals surface area contributed by atoms with Gasteiger partial charge in [0, 0.05) is 25.2 Å². The van der Waals surface area contributed by atoms with E-state index < -0.39 is 0 Å². The first-order chi connectivity index (χ1) is 8.34. The molecule has 0 radical (unpaired) electrons. The lowest BCUT2D eigenvalue weighted by atomic mass is 9.94. The van der Waals surface area contributed by atoms with E-state index in [1.165, 1.54) is 16.8 Å². The van der Waals surface area contributed by atoms with E-state index in [-0.39, 0.29) is 0 Å². The zero-order valence-electron chi connectivity index (χ0n) is 10.1. The maximum absolute atomic E-state index is 2.36. The Morgan fingerprint density at radius 3 is 2.53 bits per heavy atom. The molecule has 0 amide bonds. The van der Waals surface area contributed by atoms with E-state index in [9.17, 15) is 0 Å². The molecule has 0 aromatic heterocycles. The van der Waals surface area contributed by atoms with Gasteiger partial charge in [-0.05, 0) is 23.6 Å². The average molecular weight is 223 g/mol. The molecule has 0 saturated heterocycles. The zero-order chi connectivity index (χ0) is 11.7. The topological polar surface area (TPSA) is 3.24 Å². The first-order valence-electron chi connectivity index (χ1n) is 6.18. The van der Waals surface area contributed by atoms with Gasteiger partial charge in [0.05, 0.1) is 0 Å². The predicted octanol–water partition coefficient (Wildman–Crippen LogP) is 3.46. The highest BCUT2D eigenvalue weighted by atomic mass is 15.1. The molecular weight excluding hydrogens is 206 g/mol. The SMILES string of the molecule is CN1CC(Cc2ccccc2)c2ccccc21. The van der Waals surface area contributed by atoms with Gasteiger partial charge in [-0.1, -0.05) is 48.5 Å². The minimum absolute atomic E-state index is 0.638. The highest BCUT2D eigenvalue weighted by Gasteiger charge is 2.25. The number of hydrogen-bond acceptors (Lipinski definition) is 1. The third kappa shape index (κ3) is 1.93. The molecule has 0 fully saturated rings. The van der Waals surface area contributed by atoms with Crippen molar-refractivity contribution in [2.24, 2.45) is 0 Å². The van der Waals surface area contributed by atoms with E-state index in [2.05, 4.69) is 66.5 Å². The maximum atomic E-state index is 2.36. The van der Waals surface area contributed by atoms with Crippen LogP contribution < -0.4 is 4.90 Å². The van der Waals surface area contributed by atoms with E-state index in [4.69, 9.17) is 0 Å². The Bertz CT molecular complexity index is 504. The Hall–Kier alpha value is -1.76. The average Bonchev–Trinajstić information content (AvgIpc) is 2.69. The Morgan fingerprint density at radius 2 is 1.71 bits per heavy atom. The lowest BCUT2D eigenvalue weighted by molar-refractivity contribution is 0.717. The van der Waals surface area contributed by atoms with Crippen molar-refractivity contribution in [2.75, 3.05) is 18.5 Å². The lowest BCUT2D eigenvalue weighted by Crippen LogP contribution is -2.16. The van der Waals surface area contributed by atoms with Gasteiger partial charge in [-0.2, -0.15) is 0 Å². The summed E-state index contributed by atoms with van der Waals surface area (Å²) < 4.78 is 0. The molecule has 0 aliphatic carbocycles. The van der Waals surface area contributed by atoms with E-state index in [1.807, 2.05) is 0 Å². The number of benzene rings is 2. The van der Waals surface area contributed by atoms with Crippen LogP contribution in [-0.4, -0.2) is 13.6 Å². The smallest absolute Gasteiger partial charge is 0.0400 e. The molecule has 3 rings (SSSR count). The van der Waals surface area contributed by atoms with Crippen LogP contribution in [-0.2, 0) is 6.42 Å². The number of likely N-dealkylation sites (N-methyl/N-ethyl adjacent to an activating group) is 1. The van der Waals surface area contributed by atoms with Crippen LogP contribution in [0, 0.1) is 0 Å². The summed E-state index contributed by atoms with van der Waals surface area (Å²) in [7, 11) is 2.18. The van der Waals surface area contributed by atoms with Crippen molar-refractivity contribution in [1.29, 1.82) is 0 Å². The summed E-state index contributed by atoms with van der Waals surface area (Å²) in [6.07, 6.45) is 1.14. The highest BCUT2D eigenvalue weighted by Crippen LogP contribution is 2.36. The van der Waals surface area contributed by atoms with Crippen molar-refractivity contribution in [3.05, 3.63) is 65.7 Å². The van der Waals surface area contributed by atoms with Gasteiger partial charge in [0.15, 0.2) is 0 Å². The van der Waals surface area contributed by atoms with Crippen LogP contribution >= 0.6 is 0 Å². The summed E-state index contributed by atoms with van der Waals surface area (Å²) in [6, 6.07) is 19.5. The molecule has 1 unspecified atom stereocenters. The van der Waals surface area contributed by atoms with Gasteiger partial charge in [0.2, 0.25) is 0 Å². The predicted molar refractivity (Wildman–Crippen MR) is 72.6 cm³/mol. The Balaban J connectivity index is 1.87. The molecule has 1 aliphatic rings. The zero-order valence-corrected chi connectivity index (χ0v) is 10.1. The first-order valence-corrected chi connectivity index (χ1v) is 6.18. The summed E-state index contributed by atoms with van der Waals surface area (Å²) in [5.41, 5.74) is 4.33. The van der Waals surface area contributed by atoms with Crippen molar-refractivity contribution >= 4 is 5.69 Å². The van der Waals surface area contributed by atoms with Crippen LogP contribution in [0.5, 0.6) is 0 Å². The van der Waals surface area contributed by atoms with Crippen LogP contribution in [0.4, 0.5) is 5.69 Å². The molecule has 1 aliphatic heterocycles. The van der Waals surface area contributed by atoms with Gasteiger partial charge in [-0.15, -0.1) is 0 Å². The van der Waals surface area contributed by atoms with Crippen LogP contribution in [0.25, 0.3) is 0 Å². The third-order valence-electron chi connectivity index (χ3n) is 3.61. The molecule has 2 aromatic rings. The second kappa shape index (κ2) is 4.25. The van der Waals surface area contributed by atoms with Gasteiger partial charge in [-0.3, -0.25) is 0 Å². The van der Waals surface area contributed by atoms with Crippen molar-refractivity contribution in [2.45, 2.75) is 12.3 Å². The number of nitrogens with zero attached hydrogens (tertiary/aromatic N) is 1. The summed E-state index contributed by atoms with van der Waals surface area (Å²) in [4.78, 5) is 2.36. The van der Waals surface area contributed by atoms with E-state index in [1.54, 1.807) is 0 Å². The molecule has 0 saturated carbocycles. The fourth-order valence-corrected chi connectivity index (χ4v) is 2.78. The number of fused-ring (bicyclic) bond motifs is 1. The molecule has 0 spiro atoms. The van der Waals surface area contributed by atoms with Crippen LogP contribution in [0.1, 0.15) is 17.0 Å². The van der Waals surface area contributed by atoms with Gasteiger partial charge >= 0.3 is 0 Å². The Labute approximate surface area is 103 Å². The van der Waals surface area contributed by atoms with Crippen LogP contribution in [0.2, 0.25) is 0 Å². The molecular formula is C16H17N. The molecule has 86 valence electrons. The number of anilines is 1. The van der Waals surface area contributed by atoms with E-state index >= 15 is 0 Å². The lowest BCUT2D eigenvalue weighted by Gasteiger charge is -2.12. The van der Waals surface area contributed by atoms with Gasteiger partial charge in [0.25, 0.3) is 0 Å². The van der Waals surface area contributed by atoms with E-state index in [0.29, 0.717) is 5.92 Å². The molecule has 0 N–H and O–H groups in total. The van der Waals surface area contributed by atoms with Crippen molar-refractivity contribution < 1.29 is 0 Å². The fourth-order valence-electron chi connectivity index (χ4n) is 2.78. The second-order valence-electron chi connectivity index (χ2n) is 4.83. The maximum Gasteiger partial charge on any atom is 0.0400 e. The minimum Gasteiger partial charge on any atom is -0.374 e. The third-order valence-corrected chi connectivity index (χ3v) is 3.61. The molecule has 17 heavy (non-hydrogen) atoms. The molecule has 0 bridgehead atoms. The summed E-state index contributed by atoms with van der Waals surface area (Å²) in [6.45, 7) is 1.13. The van der Waals surface area contributed by atoms with Crippen LogP contribution in [0.15, 0.2) is 54.6 Å². The Kier molecular flexibility index (Phi) is 2.60. The van der Waals surface area contributed by atoms with Crippen molar-refractivity contribution in [1.82, 2.24) is 0 Å². The van der Waals surface area contributed by atoms with Gasteiger partial charge in [-0.25, -0.2) is 0 Å². The first kappa shape index (κ1) is 10.4. The van der Waals surface area contributed by atoms with Crippen LogP contribution in [0.3, 0.4) is 0 Å². The number of para-hydroxylation sites is 1. The largest absolute Gasteiger partial charge is 0.374 e. The monoisotopic (exact) mass is 223 g/mol. The molecule has 1 heterocycles. The standard InChI is InChI=1S/C16H17N/c1-17-12-14(11-13-7-3-2-4-8-13)15-9-5-6-10-16(15)17/h2-10,14H,11-12H2,1H3.